The number of hydrogen-bond acceptors (Lipinski definition) is 5. The van der Waals surface area contributed by atoms with Crippen LogP contribution in [0.1, 0.15) is 23.0 Å². The average molecular weight is 328 g/mol. The zero-order valence-corrected chi connectivity index (χ0v) is 13.3. The van der Waals surface area contributed by atoms with Gasteiger partial charge in [0, 0.05) is 11.6 Å². The molecule has 5 nitrogen and oxygen atoms in total. The lowest BCUT2D eigenvalue weighted by Crippen LogP contribution is -2.38. The van der Waals surface area contributed by atoms with Gasteiger partial charge >= 0.3 is 0 Å². The third-order valence-electron chi connectivity index (χ3n) is 3.54. The van der Waals surface area contributed by atoms with Crippen molar-refractivity contribution in [3.8, 4) is 11.3 Å². The molecule has 0 aliphatic carbocycles. The minimum Gasteiger partial charge on any atom is -0.384 e. The molecule has 0 saturated carbocycles. The van der Waals surface area contributed by atoms with Crippen molar-refractivity contribution in [2.75, 3.05) is 6.54 Å². The molecule has 0 unspecified atom stereocenters. The van der Waals surface area contributed by atoms with Crippen LogP contribution in [0.4, 0.5) is 0 Å². The molecule has 1 amide bonds. The smallest absolute Gasteiger partial charge is 0.273 e. The quantitative estimate of drug-likeness (QED) is 0.755. The van der Waals surface area contributed by atoms with Crippen LogP contribution in [0.5, 0.6) is 0 Å². The highest BCUT2D eigenvalue weighted by atomic mass is 32.1. The van der Waals surface area contributed by atoms with Crippen molar-refractivity contribution < 1.29 is 14.4 Å². The first-order valence-corrected chi connectivity index (χ1v) is 8.06. The van der Waals surface area contributed by atoms with Gasteiger partial charge in [0.2, 0.25) is 0 Å². The molecule has 2 N–H and O–H groups in total. The second-order valence-corrected chi connectivity index (χ2v) is 6.19. The van der Waals surface area contributed by atoms with Crippen LogP contribution in [0.15, 0.2) is 57.7 Å². The maximum atomic E-state index is 12.2. The molecule has 0 aliphatic rings. The first kappa shape index (κ1) is 15.5. The van der Waals surface area contributed by atoms with Gasteiger partial charge in [0.25, 0.3) is 5.91 Å². The number of hydrogen-bond donors (Lipinski definition) is 2. The summed E-state index contributed by atoms with van der Waals surface area (Å²) in [6, 6.07) is 12.9. The molecule has 0 spiro atoms. The molecule has 2 aromatic heterocycles. The van der Waals surface area contributed by atoms with E-state index in [0.717, 1.165) is 11.1 Å². The fraction of sp³-hybridized carbons (Fsp3) is 0.176. The molecule has 6 heteroatoms. The van der Waals surface area contributed by atoms with E-state index >= 15 is 0 Å². The molecule has 3 aromatic rings. The number of aromatic nitrogens is 1. The van der Waals surface area contributed by atoms with Crippen LogP contribution in [0, 0.1) is 0 Å². The number of carbonyl (C=O) groups is 1. The summed E-state index contributed by atoms with van der Waals surface area (Å²) in [4.78, 5) is 12.2. The molecule has 23 heavy (non-hydrogen) atoms. The predicted octanol–water partition coefficient (Wildman–Crippen LogP) is 3.04. The molecule has 118 valence electrons. The van der Waals surface area contributed by atoms with Crippen LogP contribution in [-0.4, -0.2) is 22.7 Å². The molecule has 0 fully saturated rings. The normalized spacial score (nSPS) is 13.5. The zero-order valence-electron chi connectivity index (χ0n) is 12.5. The number of nitrogens with one attached hydrogen (secondary N) is 1. The number of thiophene rings is 1. The monoisotopic (exact) mass is 328 g/mol. The summed E-state index contributed by atoms with van der Waals surface area (Å²) in [5.74, 6) is 0.145. The van der Waals surface area contributed by atoms with Crippen molar-refractivity contribution in [3.05, 3.63) is 64.5 Å². The van der Waals surface area contributed by atoms with E-state index in [9.17, 15) is 9.90 Å². The van der Waals surface area contributed by atoms with Gasteiger partial charge in [0.15, 0.2) is 11.5 Å². The first-order chi connectivity index (χ1) is 11.1. The molecular weight excluding hydrogens is 312 g/mol. The summed E-state index contributed by atoms with van der Waals surface area (Å²) in [5, 5.41) is 20.6. The van der Waals surface area contributed by atoms with Crippen molar-refractivity contribution in [2.45, 2.75) is 12.5 Å². The van der Waals surface area contributed by atoms with Gasteiger partial charge in [-0.3, -0.25) is 4.79 Å². The Morgan fingerprint density at radius 1 is 1.35 bits per heavy atom. The molecule has 0 aliphatic heterocycles. The second kappa shape index (κ2) is 6.36. The highest BCUT2D eigenvalue weighted by Gasteiger charge is 2.25. The minimum absolute atomic E-state index is 0.0934. The summed E-state index contributed by atoms with van der Waals surface area (Å²) in [6.45, 7) is 1.75. The van der Waals surface area contributed by atoms with Gasteiger partial charge in [0.05, 0.1) is 6.54 Å². The van der Waals surface area contributed by atoms with Crippen LogP contribution in [0.25, 0.3) is 11.3 Å². The van der Waals surface area contributed by atoms with E-state index in [2.05, 4.69) is 10.5 Å². The lowest BCUT2D eigenvalue weighted by atomic mass is 9.99. The van der Waals surface area contributed by atoms with Crippen LogP contribution in [-0.2, 0) is 5.60 Å². The molecule has 3 rings (SSSR count). The maximum Gasteiger partial charge on any atom is 0.273 e. The number of carbonyl (C=O) groups excluding carboxylic acids is 1. The number of amides is 1. The van der Waals surface area contributed by atoms with Gasteiger partial charge < -0.3 is 14.9 Å². The SMILES string of the molecule is C[C@](O)(CNC(=O)c1cc(-c2ccccc2)on1)c1ccsc1. The van der Waals surface area contributed by atoms with Crippen LogP contribution < -0.4 is 5.32 Å². The van der Waals surface area contributed by atoms with E-state index in [0.29, 0.717) is 5.76 Å². The Labute approximate surface area is 137 Å². The molecule has 1 aromatic carbocycles. The van der Waals surface area contributed by atoms with Crippen molar-refractivity contribution in [1.29, 1.82) is 0 Å². The number of nitrogens with zero attached hydrogens (tertiary/aromatic N) is 1. The summed E-state index contributed by atoms with van der Waals surface area (Å²) in [5.41, 5.74) is 0.684. The highest BCUT2D eigenvalue weighted by molar-refractivity contribution is 7.08. The molecular formula is C17H16N2O3S. The van der Waals surface area contributed by atoms with E-state index < -0.39 is 5.60 Å². The van der Waals surface area contributed by atoms with Gasteiger partial charge in [-0.1, -0.05) is 35.5 Å². The van der Waals surface area contributed by atoms with E-state index in [-0.39, 0.29) is 18.1 Å². The van der Waals surface area contributed by atoms with E-state index in [1.165, 1.54) is 11.3 Å². The maximum absolute atomic E-state index is 12.2. The van der Waals surface area contributed by atoms with E-state index in [1.54, 1.807) is 13.0 Å². The van der Waals surface area contributed by atoms with Gasteiger partial charge in [-0.25, -0.2) is 0 Å². The largest absolute Gasteiger partial charge is 0.384 e. The number of aliphatic hydroxyl groups is 1. The lowest BCUT2D eigenvalue weighted by Gasteiger charge is -2.22. The Balaban J connectivity index is 1.66. The third-order valence-corrected chi connectivity index (χ3v) is 4.22. The molecule has 0 saturated heterocycles. The van der Waals surface area contributed by atoms with Crippen LogP contribution in [0.3, 0.4) is 0 Å². The molecule has 0 radical (unpaired) electrons. The van der Waals surface area contributed by atoms with Crippen molar-refractivity contribution in [1.82, 2.24) is 10.5 Å². The molecule has 0 bridgehead atoms. The van der Waals surface area contributed by atoms with E-state index in [4.69, 9.17) is 4.52 Å². The fourth-order valence-electron chi connectivity index (χ4n) is 2.14. The zero-order chi connectivity index (χ0) is 16.3. The van der Waals surface area contributed by atoms with Crippen molar-refractivity contribution in [2.24, 2.45) is 0 Å². The predicted molar refractivity (Wildman–Crippen MR) is 88.2 cm³/mol. The standard InChI is InChI=1S/C17H16N2O3S/c1-17(21,13-7-8-23-10-13)11-18-16(20)14-9-15(22-19-14)12-5-3-2-4-6-12/h2-10,21H,11H2,1H3,(H,18,20)/t17-/m0/s1. The third kappa shape index (κ3) is 3.49. The van der Waals surface area contributed by atoms with Crippen LogP contribution in [0.2, 0.25) is 0 Å². The van der Waals surface area contributed by atoms with Gasteiger partial charge in [-0.15, -0.1) is 0 Å². The lowest BCUT2D eigenvalue weighted by molar-refractivity contribution is 0.0527. The highest BCUT2D eigenvalue weighted by Crippen LogP contribution is 2.23. The van der Waals surface area contributed by atoms with E-state index in [1.807, 2.05) is 47.2 Å². The fourth-order valence-corrected chi connectivity index (χ4v) is 2.92. The van der Waals surface area contributed by atoms with Gasteiger partial charge in [-0.05, 0) is 29.3 Å². The second-order valence-electron chi connectivity index (χ2n) is 5.41. The Bertz CT molecular complexity index is 779. The molecule has 1 atom stereocenters. The van der Waals surface area contributed by atoms with Crippen LogP contribution >= 0.6 is 11.3 Å². The van der Waals surface area contributed by atoms with Gasteiger partial charge in [-0.2, -0.15) is 11.3 Å². The van der Waals surface area contributed by atoms with Gasteiger partial charge in [0.1, 0.15) is 5.60 Å². The summed E-state index contributed by atoms with van der Waals surface area (Å²) in [6.07, 6.45) is 0. The van der Waals surface area contributed by atoms with Crippen molar-refractivity contribution >= 4 is 17.2 Å². The Morgan fingerprint density at radius 2 is 2.13 bits per heavy atom. The topological polar surface area (TPSA) is 75.4 Å². The Morgan fingerprint density at radius 3 is 2.83 bits per heavy atom. The Hall–Kier alpha value is -2.44. The summed E-state index contributed by atoms with van der Waals surface area (Å²) < 4.78 is 5.20. The Kier molecular flexibility index (Phi) is 4.27. The average Bonchev–Trinajstić information content (AvgIpc) is 3.25. The van der Waals surface area contributed by atoms with Crippen molar-refractivity contribution in [3.63, 3.8) is 0 Å². The minimum atomic E-state index is -1.12. The number of rotatable bonds is 5. The first-order valence-electron chi connectivity index (χ1n) is 7.12. The molecule has 2 heterocycles. The summed E-state index contributed by atoms with van der Waals surface area (Å²) in [7, 11) is 0. The number of benzene rings is 1. The summed E-state index contributed by atoms with van der Waals surface area (Å²) >= 11 is 1.50.